The van der Waals surface area contributed by atoms with Crippen molar-refractivity contribution in [3.8, 4) is 6.07 Å². The predicted molar refractivity (Wildman–Crippen MR) is 84.8 cm³/mol. The second-order valence-electron chi connectivity index (χ2n) is 5.02. The lowest BCUT2D eigenvalue weighted by Crippen LogP contribution is -2.21. The number of nitrogens with zero attached hydrogens (tertiary/aromatic N) is 3. The van der Waals surface area contributed by atoms with Crippen LogP contribution in [-0.4, -0.2) is 30.0 Å². The van der Waals surface area contributed by atoms with Gasteiger partial charge in [0.25, 0.3) is 0 Å². The summed E-state index contributed by atoms with van der Waals surface area (Å²) in [6.45, 7) is 2.79. The van der Waals surface area contributed by atoms with Crippen LogP contribution in [0.4, 0.5) is 5.69 Å². The highest BCUT2D eigenvalue weighted by Gasteiger charge is 2.02. The Labute approximate surface area is 126 Å². The van der Waals surface area contributed by atoms with Gasteiger partial charge in [0, 0.05) is 19.3 Å². The fourth-order valence-electron chi connectivity index (χ4n) is 2.18. The van der Waals surface area contributed by atoms with E-state index in [1.54, 1.807) is 6.20 Å². The Morgan fingerprint density at radius 1 is 1.19 bits per heavy atom. The van der Waals surface area contributed by atoms with E-state index in [0.29, 0.717) is 5.69 Å². The van der Waals surface area contributed by atoms with Crippen molar-refractivity contribution in [3.63, 3.8) is 0 Å². The van der Waals surface area contributed by atoms with Crippen molar-refractivity contribution < 1.29 is 0 Å². The van der Waals surface area contributed by atoms with Crippen LogP contribution in [0.5, 0.6) is 0 Å². The second-order valence-corrected chi connectivity index (χ2v) is 5.02. The Kier molecular flexibility index (Phi) is 5.74. The normalized spacial score (nSPS) is 10.3. The van der Waals surface area contributed by atoms with Crippen LogP contribution >= 0.6 is 0 Å². The minimum atomic E-state index is 0.454. The number of benzene rings is 1. The Hall–Kier alpha value is -2.38. The van der Waals surface area contributed by atoms with Gasteiger partial charge in [0.15, 0.2) is 5.69 Å². The molecular weight excluding hydrogens is 260 g/mol. The van der Waals surface area contributed by atoms with Gasteiger partial charge in [0.2, 0.25) is 0 Å². The van der Waals surface area contributed by atoms with E-state index in [4.69, 9.17) is 5.26 Å². The van der Waals surface area contributed by atoms with E-state index < -0.39 is 0 Å². The minimum Gasteiger partial charge on any atom is -0.383 e. The molecule has 1 N–H and O–H groups in total. The van der Waals surface area contributed by atoms with E-state index in [2.05, 4.69) is 52.6 Å². The van der Waals surface area contributed by atoms with Gasteiger partial charge in [-0.2, -0.15) is 5.26 Å². The first kappa shape index (κ1) is 15.0. The molecule has 0 aliphatic rings. The van der Waals surface area contributed by atoms with Crippen molar-refractivity contribution in [1.82, 2.24) is 9.88 Å². The highest BCUT2D eigenvalue weighted by Crippen LogP contribution is 2.10. The summed E-state index contributed by atoms with van der Waals surface area (Å²) in [5.41, 5.74) is 2.59. The Balaban J connectivity index is 1.71. The van der Waals surface area contributed by atoms with E-state index in [0.717, 1.165) is 31.7 Å². The van der Waals surface area contributed by atoms with Crippen LogP contribution in [0.1, 0.15) is 17.7 Å². The molecule has 0 aliphatic heterocycles. The maximum atomic E-state index is 8.97. The third kappa shape index (κ3) is 4.90. The smallest absolute Gasteiger partial charge is 0.163 e. The molecule has 0 saturated carbocycles. The molecule has 21 heavy (non-hydrogen) atoms. The van der Waals surface area contributed by atoms with Crippen molar-refractivity contribution in [3.05, 3.63) is 59.9 Å². The maximum Gasteiger partial charge on any atom is 0.163 e. The highest BCUT2D eigenvalue weighted by atomic mass is 15.1. The van der Waals surface area contributed by atoms with Gasteiger partial charge in [-0.15, -0.1) is 0 Å². The largest absolute Gasteiger partial charge is 0.383 e. The average molecular weight is 280 g/mol. The van der Waals surface area contributed by atoms with E-state index in [1.165, 1.54) is 5.56 Å². The Bertz CT molecular complexity index is 589. The van der Waals surface area contributed by atoms with Crippen LogP contribution in [0.25, 0.3) is 0 Å². The van der Waals surface area contributed by atoms with Crippen molar-refractivity contribution >= 4 is 5.69 Å². The number of rotatable bonds is 7. The lowest BCUT2D eigenvalue weighted by atomic mass is 10.2. The molecule has 1 heterocycles. The summed E-state index contributed by atoms with van der Waals surface area (Å²) >= 11 is 0. The summed E-state index contributed by atoms with van der Waals surface area (Å²) < 4.78 is 0. The van der Waals surface area contributed by atoms with Crippen molar-refractivity contribution in [2.75, 3.05) is 25.5 Å². The number of nitrogens with one attached hydrogen (secondary N) is 1. The Morgan fingerprint density at radius 3 is 2.76 bits per heavy atom. The molecule has 0 fully saturated rings. The summed E-state index contributed by atoms with van der Waals surface area (Å²) in [6.07, 6.45) is 2.65. The van der Waals surface area contributed by atoms with Crippen molar-refractivity contribution in [2.24, 2.45) is 0 Å². The number of nitriles is 1. The second kappa shape index (κ2) is 8.03. The van der Waals surface area contributed by atoms with Crippen LogP contribution < -0.4 is 5.32 Å². The van der Waals surface area contributed by atoms with Crippen LogP contribution in [-0.2, 0) is 6.54 Å². The monoisotopic (exact) mass is 280 g/mol. The van der Waals surface area contributed by atoms with E-state index in [-0.39, 0.29) is 0 Å². The summed E-state index contributed by atoms with van der Waals surface area (Å²) in [4.78, 5) is 6.33. The third-order valence-electron chi connectivity index (χ3n) is 3.24. The summed E-state index contributed by atoms with van der Waals surface area (Å²) in [5.74, 6) is 0. The number of anilines is 1. The highest BCUT2D eigenvalue weighted by molar-refractivity contribution is 5.53. The van der Waals surface area contributed by atoms with Gasteiger partial charge in [-0.25, -0.2) is 4.98 Å². The quantitative estimate of drug-likeness (QED) is 0.792. The minimum absolute atomic E-state index is 0.454. The number of hydrogen-bond donors (Lipinski definition) is 1. The lowest BCUT2D eigenvalue weighted by molar-refractivity contribution is 0.325. The van der Waals surface area contributed by atoms with E-state index >= 15 is 0 Å². The van der Waals surface area contributed by atoms with Gasteiger partial charge >= 0.3 is 0 Å². The number of hydrogen-bond acceptors (Lipinski definition) is 4. The molecule has 4 heteroatoms. The zero-order valence-electron chi connectivity index (χ0n) is 12.3. The number of aromatic nitrogens is 1. The first-order valence-corrected chi connectivity index (χ1v) is 7.11. The molecule has 2 rings (SSSR count). The first-order valence-electron chi connectivity index (χ1n) is 7.11. The first-order chi connectivity index (χ1) is 10.3. The van der Waals surface area contributed by atoms with Gasteiger partial charge < -0.3 is 10.2 Å². The molecule has 2 aromatic rings. The fourth-order valence-corrected chi connectivity index (χ4v) is 2.18. The van der Waals surface area contributed by atoms with Crippen molar-refractivity contribution in [2.45, 2.75) is 13.0 Å². The summed E-state index contributed by atoms with van der Waals surface area (Å²) in [7, 11) is 2.12. The molecule has 4 nitrogen and oxygen atoms in total. The van der Waals surface area contributed by atoms with E-state index in [9.17, 15) is 0 Å². The third-order valence-corrected chi connectivity index (χ3v) is 3.24. The summed E-state index contributed by atoms with van der Waals surface area (Å²) in [6, 6.07) is 16.3. The molecule has 0 bridgehead atoms. The molecule has 0 atom stereocenters. The average Bonchev–Trinajstić information content (AvgIpc) is 2.53. The van der Waals surface area contributed by atoms with Gasteiger partial charge in [-0.1, -0.05) is 30.3 Å². The molecule has 1 aromatic heterocycles. The van der Waals surface area contributed by atoms with Crippen LogP contribution in [0, 0.1) is 11.3 Å². The van der Waals surface area contributed by atoms with Gasteiger partial charge in [-0.05, 0) is 37.7 Å². The lowest BCUT2D eigenvalue weighted by Gasteiger charge is -2.17. The molecule has 0 aliphatic carbocycles. The topological polar surface area (TPSA) is 52.0 Å². The van der Waals surface area contributed by atoms with Gasteiger partial charge in [0.05, 0.1) is 5.69 Å². The SMILES string of the molecule is CN(CCCNc1cccnc1C#N)Cc1ccccc1. The molecule has 0 amide bonds. The number of pyridine rings is 1. The molecule has 108 valence electrons. The zero-order chi connectivity index (χ0) is 14.9. The van der Waals surface area contributed by atoms with Crippen LogP contribution in [0.2, 0.25) is 0 Å². The molecule has 1 aromatic carbocycles. The summed E-state index contributed by atoms with van der Waals surface area (Å²) in [5, 5.41) is 12.2. The van der Waals surface area contributed by atoms with E-state index in [1.807, 2.05) is 18.2 Å². The standard InChI is InChI=1S/C17H20N4/c1-21(14-15-7-3-2-4-8-15)12-6-11-19-16-9-5-10-20-17(16)13-18/h2-5,7-10,19H,6,11-12,14H2,1H3. The van der Waals surface area contributed by atoms with Crippen molar-refractivity contribution in [1.29, 1.82) is 5.26 Å². The molecule has 0 radical (unpaired) electrons. The maximum absolute atomic E-state index is 8.97. The molecular formula is C17H20N4. The van der Waals surface area contributed by atoms with Crippen LogP contribution in [0.3, 0.4) is 0 Å². The predicted octanol–water partition coefficient (Wildman–Crippen LogP) is 2.89. The zero-order valence-corrected chi connectivity index (χ0v) is 12.3. The molecule has 0 unspecified atom stereocenters. The Morgan fingerprint density at radius 2 is 2.00 bits per heavy atom. The van der Waals surface area contributed by atoms with Gasteiger partial charge in [0.1, 0.15) is 6.07 Å². The molecule has 0 saturated heterocycles. The van der Waals surface area contributed by atoms with Crippen LogP contribution in [0.15, 0.2) is 48.7 Å². The van der Waals surface area contributed by atoms with Gasteiger partial charge in [-0.3, -0.25) is 0 Å². The fraction of sp³-hybridized carbons (Fsp3) is 0.294. The molecule has 0 spiro atoms.